The summed E-state index contributed by atoms with van der Waals surface area (Å²) >= 11 is 0. The summed E-state index contributed by atoms with van der Waals surface area (Å²) in [7, 11) is -3.18. The second kappa shape index (κ2) is 8.12. The van der Waals surface area contributed by atoms with Crippen LogP contribution in [0.1, 0.15) is 43.1 Å². The smallest absolute Gasteiger partial charge is 0.253 e. The quantitative estimate of drug-likeness (QED) is 0.817. The number of benzene rings is 1. The van der Waals surface area contributed by atoms with Crippen molar-refractivity contribution in [3.8, 4) is 0 Å². The van der Waals surface area contributed by atoms with Crippen molar-refractivity contribution in [2.75, 3.05) is 31.9 Å². The van der Waals surface area contributed by atoms with Gasteiger partial charge in [-0.15, -0.1) is 0 Å². The molecule has 1 aromatic rings. The lowest BCUT2D eigenvalue weighted by Crippen LogP contribution is -2.37. The molecule has 1 aromatic carbocycles. The van der Waals surface area contributed by atoms with Crippen LogP contribution in [0, 0.1) is 5.92 Å². The fourth-order valence-electron chi connectivity index (χ4n) is 2.99. The summed E-state index contributed by atoms with van der Waals surface area (Å²) in [6.07, 6.45) is 1.68. The number of carbonyl (C=O) groups excluding carboxylic acids is 1. The Morgan fingerprint density at radius 1 is 1.08 bits per heavy atom. The van der Waals surface area contributed by atoms with Gasteiger partial charge in [0.05, 0.1) is 5.75 Å². The van der Waals surface area contributed by atoms with E-state index < -0.39 is 10.0 Å². The van der Waals surface area contributed by atoms with Gasteiger partial charge in [-0.1, -0.05) is 26.0 Å². The fraction of sp³-hybridized carbons (Fsp3) is 0.611. The minimum atomic E-state index is -3.18. The molecular formula is C18H28N2O3S. The van der Waals surface area contributed by atoms with Gasteiger partial charge in [0.2, 0.25) is 10.0 Å². The molecule has 1 aliphatic rings. The molecule has 0 aromatic heterocycles. The second-order valence-electron chi connectivity index (χ2n) is 6.74. The van der Waals surface area contributed by atoms with Crippen molar-refractivity contribution in [2.24, 2.45) is 5.92 Å². The van der Waals surface area contributed by atoms with Crippen molar-refractivity contribution in [1.82, 2.24) is 9.21 Å². The molecule has 5 nitrogen and oxygen atoms in total. The summed E-state index contributed by atoms with van der Waals surface area (Å²) in [5, 5.41) is 0. The first-order valence-electron chi connectivity index (χ1n) is 8.69. The van der Waals surface area contributed by atoms with E-state index in [0.717, 1.165) is 6.42 Å². The second-order valence-corrected chi connectivity index (χ2v) is 9.00. The first-order chi connectivity index (χ1) is 11.3. The number of hydrogen-bond donors (Lipinski definition) is 0. The number of nitrogens with zero attached hydrogens (tertiary/aromatic N) is 2. The van der Waals surface area contributed by atoms with E-state index in [4.69, 9.17) is 0 Å². The molecule has 2 rings (SSSR count). The van der Waals surface area contributed by atoms with E-state index in [1.807, 2.05) is 24.3 Å². The predicted molar refractivity (Wildman–Crippen MR) is 96.5 cm³/mol. The van der Waals surface area contributed by atoms with Crippen molar-refractivity contribution < 1.29 is 13.2 Å². The molecule has 0 bridgehead atoms. The highest BCUT2D eigenvalue weighted by Crippen LogP contribution is 2.14. The molecule has 0 spiro atoms. The van der Waals surface area contributed by atoms with Gasteiger partial charge in [-0.25, -0.2) is 12.7 Å². The molecule has 0 atom stereocenters. The monoisotopic (exact) mass is 352 g/mol. The van der Waals surface area contributed by atoms with Gasteiger partial charge in [0.1, 0.15) is 0 Å². The van der Waals surface area contributed by atoms with Gasteiger partial charge in [0.15, 0.2) is 0 Å². The van der Waals surface area contributed by atoms with Gasteiger partial charge >= 0.3 is 0 Å². The molecule has 0 saturated carbocycles. The van der Waals surface area contributed by atoms with E-state index in [1.165, 1.54) is 9.87 Å². The molecule has 6 heteroatoms. The summed E-state index contributed by atoms with van der Waals surface area (Å²) in [5.74, 6) is 0.684. The highest BCUT2D eigenvalue weighted by atomic mass is 32.2. The normalized spacial score (nSPS) is 17.1. The molecule has 1 aliphatic heterocycles. The van der Waals surface area contributed by atoms with Crippen LogP contribution in [0.25, 0.3) is 0 Å². The zero-order valence-electron chi connectivity index (χ0n) is 14.9. The minimum Gasteiger partial charge on any atom is -0.337 e. The van der Waals surface area contributed by atoms with Gasteiger partial charge in [-0.05, 0) is 43.4 Å². The molecule has 134 valence electrons. The largest absolute Gasteiger partial charge is 0.337 e. The Kier molecular flexibility index (Phi) is 6.40. The third kappa shape index (κ3) is 4.80. The van der Waals surface area contributed by atoms with E-state index >= 15 is 0 Å². The maximum absolute atomic E-state index is 12.7. The van der Waals surface area contributed by atoms with Crippen molar-refractivity contribution in [1.29, 1.82) is 0 Å². The van der Waals surface area contributed by atoms with Gasteiger partial charge < -0.3 is 4.90 Å². The summed E-state index contributed by atoms with van der Waals surface area (Å²) < 4.78 is 25.5. The molecule has 0 N–H and O–H groups in total. The van der Waals surface area contributed by atoms with Crippen LogP contribution in [0.3, 0.4) is 0 Å². The predicted octanol–water partition coefficient (Wildman–Crippen LogP) is 2.38. The minimum absolute atomic E-state index is 0.0122. The number of carbonyl (C=O) groups is 1. The van der Waals surface area contributed by atoms with Crippen LogP contribution < -0.4 is 0 Å². The highest BCUT2D eigenvalue weighted by molar-refractivity contribution is 7.89. The van der Waals surface area contributed by atoms with Crippen molar-refractivity contribution in [2.45, 2.75) is 33.6 Å². The topological polar surface area (TPSA) is 57.7 Å². The van der Waals surface area contributed by atoms with E-state index in [9.17, 15) is 13.2 Å². The number of rotatable bonds is 5. The van der Waals surface area contributed by atoms with Crippen LogP contribution >= 0.6 is 0 Å². The highest BCUT2D eigenvalue weighted by Gasteiger charge is 2.25. The van der Waals surface area contributed by atoms with E-state index in [2.05, 4.69) is 13.8 Å². The lowest BCUT2D eigenvalue weighted by atomic mass is 10.0. The zero-order valence-corrected chi connectivity index (χ0v) is 15.7. The van der Waals surface area contributed by atoms with E-state index in [-0.39, 0.29) is 11.7 Å². The Balaban J connectivity index is 2.02. The van der Waals surface area contributed by atoms with Crippen LogP contribution in [0.4, 0.5) is 0 Å². The molecule has 24 heavy (non-hydrogen) atoms. The molecule has 1 amide bonds. The molecule has 1 saturated heterocycles. The molecule has 1 heterocycles. The molecule has 0 unspecified atom stereocenters. The van der Waals surface area contributed by atoms with Gasteiger partial charge in [0, 0.05) is 31.7 Å². The summed E-state index contributed by atoms with van der Waals surface area (Å²) in [6.45, 7) is 7.93. The average molecular weight is 353 g/mol. The summed E-state index contributed by atoms with van der Waals surface area (Å²) in [4.78, 5) is 14.4. The van der Waals surface area contributed by atoms with Gasteiger partial charge in [-0.2, -0.15) is 0 Å². The SMILES string of the molecule is CCS(=O)(=O)N1CCCN(C(=O)c2ccc(CC(C)C)cc2)CC1. The first kappa shape index (κ1) is 18.9. The van der Waals surface area contributed by atoms with Crippen LogP contribution in [0.2, 0.25) is 0 Å². The Hall–Kier alpha value is -1.40. The Labute approximate surface area is 145 Å². The zero-order chi connectivity index (χ0) is 17.7. The maximum Gasteiger partial charge on any atom is 0.253 e. The van der Waals surface area contributed by atoms with Crippen LogP contribution in [-0.2, 0) is 16.4 Å². The Morgan fingerprint density at radius 2 is 1.75 bits per heavy atom. The summed E-state index contributed by atoms with van der Waals surface area (Å²) in [5.41, 5.74) is 1.91. The maximum atomic E-state index is 12.7. The lowest BCUT2D eigenvalue weighted by Gasteiger charge is -2.21. The molecule has 1 fully saturated rings. The average Bonchev–Trinajstić information content (AvgIpc) is 2.81. The number of hydrogen-bond acceptors (Lipinski definition) is 3. The van der Waals surface area contributed by atoms with Crippen LogP contribution in [-0.4, -0.2) is 55.5 Å². The standard InChI is InChI=1S/C18H28N2O3S/c1-4-24(22,23)20-11-5-10-19(12-13-20)18(21)17-8-6-16(7-9-17)14-15(2)3/h6-9,15H,4-5,10-14H2,1-3H3. The fourth-order valence-corrected chi connectivity index (χ4v) is 4.13. The van der Waals surface area contributed by atoms with Crippen LogP contribution in [0.5, 0.6) is 0 Å². The van der Waals surface area contributed by atoms with Crippen LogP contribution in [0.15, 0.2) is 24.3 Å². The molecular weight excluding hydrogens is 324 g/mol. The van der Waals surface area contributed by atoms with E-state index in [1.54, 1.807) is 11.8 Å². The Bertz CT molecular complexity index is 653. The van der Waals surface area contributed by atoms with Crippen molar-refractivity contribution >= 4 is 15.9 Å². The first-order valence-corrected chi connectivity index (χ1v) is 10.3. The van der Waals surface area contributed by atoms with Crippen molar-refractivity contribution in [3.05, 3.63) is 35.4 Å². The number of amides is 1. The third-order valence-corrected chi connectivity index (χ3v) is 6.23. The van der Waals surface area contributed by atoms with Gasteiger partial charge in [0.25, 0.3) is 5.91 Å². The molecule has 0 aliphatic carbocycles. The lowest BCUT2D eigenvalue weighted by molar-refractivity contribution is 0.0764. The third-order valence-electron chi connectivity index (χ3n) is 4.35. The summed E-state index contributed by atoms with van der Waals surface area (Å²) in [6, 6.07) is 7.79. The van der Waals surface area contributed by atoms with Crippen molar-refractivity contribution in [3.63, 3.8) is 0 Å². The van der Waals surface area contributed by atoms with Gasteiger partial charge in [-0.3, -0.25) is 4.79 Å². The molecule has 0 radical (unpaired) electrons. The number of sulfonamides is 1. The van der Waals surface area contributed by atoms with E-state index in [0.29, 0.717) is 44.1 Å². The Morgan fingerprint density at radius 3 is 2.33 bits per heavy atom.